The van der Waals surface area contributed by atoms with Gasteiger partial charge in [0.1, 0.15) is 5.75 Å². The van der Waals surface area contributed by atoms with Crippen molar-refractivity contribution in [3.8, 4) is 5.75 Å². The van der Waals surface area contributed by atoms with Gasteiger partial charge in [-0.05, 0) is 55.6 Å². The van der Waals surface area contributed by atoms with Gasteiger partial charge in [-0.15, -0.1) is 0 Å². The van der Waals surface area contributed by atoms with Crippen LogP contribution in [0.4, 0.5) is 0 Å². The fourth-order valence-electron chi connectivity index (χ4n) is 3.44. The van der Waals surface area contributed by atoms with E-state index >= 15 is 0 Å². The van der Waals surface area contributed by atoms with Crippen LogP contribution in [0.5, 0.6) is 5.75 Å². The second-order valence-electron chi connectivity index (χ2n) is 6.46. The number of methoxy groups -OCH3 is 1. The molecule has 1 aromatic carbocycles. The quantitative estimate of drug-likeness (QED) is 0.671. The number of carboxylic acids is 2. The highest BCUT2D eigenvalue weighted by atomic mass is 16.5. The number of nitrogens with zero attached hydrogens (tertiary/aromatic N) is 1. The average molecular weight is 374 g/mol. The summed E-state index contributed by atoms with van der Waals surface area (Å²) in [5.41, 5.74) is 4.36. The zero-order valence-electron chi connectivity index (χ0n) is 15.9. The molecule has 1 aliphatic carbocycles. The highest BCUT2D eigenvalue weighted by Crippen LogP contribution is 2.36. The van der Waals surface area contributed by atoms with Crippen molar-refractivity contribution in [1.82, 2.24) is 9.88 Å². The highest BCUT2D eigenvalue weighted by molar-refractivity contribution is 5.89. The van der Waals surface area contributed by atoms with Gasteiger partial charge >= 0.3 is 11.9 Å². The maximum absolute atomic E-state index is 9.55. The second kappa shape index (κ2) is 9.23. The molecule has 0 bridgehead atoms. The van der Waals surface area contributed by atoms with E-state index < -0.39 is 11.9 Å². The minimum atomic E-state index is -1.26. The molecule has 0 spiro atoms. The van der Waals surface area contributed by atoms with Crippen LogP contribution in [-0.4, -0.2) is 46.9 Å². The fourth-order valence-corrected chi connectivity index (χ4v) is 3.44. The Bertz CT molecular complexity index is 838. The first kappa shape index (κ1) is 20.5. The molecule has 7 heteroatoms. The summed E-state index contributed by atoms with van der Waals surface area (Å²) in [5.74, 6) is -0.817. The molecule has 1 aromatic heterocycles. The van der Waals surface area contributed by atoms with Crippen LogP contribution in [-0.2, 0) is 29.5 Å². The summed E-state index contributed by atoms with van der Waals surface area (Å²) in [7, 11) is 3.92. The second-order valence-corrected chi connectivity index (χ2v) is 6.46. The van der Waals surface area contributed by atoms with Crippen LogP contribution in [0.1, 0.15) is 18.2 Å². The van der Waals surface area contributed by atoms with Crippen molar-refractivity contribution in [2.75, 3.05) is 20.2 Å². The molecule has 3 rings (SSSR count). The van der Waals surface area contributed by atoms with Gasteiger partial charge < -0.3 is 24.8 Å². The van der Waals surface area contributed by atoms with Gasteiger partial charge in [-0.1, -0.05) is 6.92 Å². The van der Waals surface area contributed by atoms with Crippen LogP contribution in [0.3, 0.4) is 0 Å². The Balaban J connectivity index is 0.000000279. The van der Waals surface area contributed by atoms with Crippen molar-refractivity contribution < 1.29 is 24.5 Å². The van der Waals surface area contributed by atoms with Crippen LogP contribution < -0.4 is 10.1 Å². The number of hydrogen-bond donors (Lipinski definition) is 3. The molecule has 0 saturated heterocycles. The number of aliphatic carboxylic acids is 2. The lowest BCUT2D eigenvalue weighted by Crippen LogP contribution is -2.23. The fraction of sp³-hybridized carbons (Fsp3) is 0.400. The molecule has 2 aromatic rings. The first-order valence-electron chi connectivity index (χ1n) is 8.86. The van der Waals surface area contributed by atoms with Gasteiger partial charge in [-0.25, -0.2) is 9.59 Å². The maximum atomic E-state index is 9.55. The van der Waals surface area contributed by atoms with Crippen LogP contribution in [0, 0.1) is 5.92 Å². The molecule has 1 atom stereocenters. The molecule has 1 heterocycles. The van der Waals surface area contributed by atoms with Gasteiger partial charge in [0.15, 0.2) is 0 Å². The van der Waals surface area contributed by atoms with Gasteiger partial charge in [0.25, 0.3) is 0 Å². The highest BCUT2D eigenvalue weighted by Gasteiger charge is 2.27. The summed E-state index contributed by atoms with van der Waals surface area (Å²) in [5, 5.41) is 20.5. The lowest BCUT2D eigenvalue weighted by Gasteiger charge is -2.11. The Labute approximate surface area is 158 Å². The van der Waals surface area contributed by atoms with Crippen molar-refractivity contribution >= 4 is 22.8 Å². The molecule has 1 unspecified atom stereocenters. The average Bonchev–Trinajstić information content (AvgIpc) is 3.17. The predicted molar refractivity (Wildman–Crippen MR) is 103 cm³/mol. The number of benzene rings is 1. The summed E-state index contributed by atoms with van der Waals surface area (Å²) >= 11 is 0. The van der Waals surface area contributed by atoms with Crippen molar-refractivity contribution in [2.24, 2.45) is 13.0 Å². The summed E-state index contributed by atoms with van der Waals surface area (Å²) in [6.45, 7) is 4.35. The van der Waals surface area contributed by atoms with Crippen LogP contribution in [0.2, 0.25) is 0 Å². The molecule has 0 aliphatic heterocycles. The Kier molecular flexibility index (Phi) is 7.01. The van der Waals surface area contributed by atoms with Gasteiger partial charge in [-0.3, -0.25) is 0 Å². The zero-order chi connectivity index (χ0) is 20.0. The minimum absolute atomic E-state index is 0.558. The third kappa shape index (κ3) is 5.10. The summed E-state index contributed by atoms with van der Waals surface area (Å²) < 4.78 is 7.72. The first-order chi connectivity index (χ1) is 12.9. The summed E-state index contributed by atoms with van der Waals surface area (Å²) in [6.07, 6.45) is 3.49. The molecule has 3 N–H and O–H groups in total. The topological polar surface area (TPSA) is 101 Å². The predicted octanol–water partition coefficient (Wildman–Crippen LogP) is 2.22. The number of rotatable bonds is 6. The summed E-state index contributed by atoms with van der Waals surface area (Å²) in [4.78, 5) is 19.1. The van der Waals surface area contributed by atoms with E-state index in [2.05, 4.69) is 36.0 Å². The molecular weight excluding hydrogens is 348 g/mol. The number of fused-ring (bicyclic) bond motifs is 3. The zero-order valence-corrected chi connectivity index (χ0v) is 15.9. The lowest BCUT2D eigenvalue weighted by molar-refractivity contribution is -0.134. The van der Waals surface area contributed by atoms with Gasteiger partial charge in [-0.2, -0.15) is 0 Å². The Morgan fingerprint density at radius 2 is 1.93 bits per heavy atom. The monoisotopic (exact) mass is 374 g/mol. The molecule has 7 nitrogen and oxygen atoms in total. The number of hydrogen-bond acceptors (Lipinski definition) is 4. The molecule has 27 heavy (non-hydrogen) atoms. The molecule has 0 saturated carbocycles. The molecule has 0 radical (unpaired) electrons. The minimum Gasteiger partial charge on any atom is -0.497 e. The normalized spacial score (nSPS) is 15.4. The number of carbonyl (C=O) groups is 2. The van der Waals surface area contributed by atoms with E-state index in [1.165, 1.54) is 35.0 Å². The van der Waals surface area contributed by atoms with Crippen LogP contribution in [0.15, 0.2) is 30.4 Å². The Morgan fingerprint density at radius 1 is 1.26 bits per heavy atom. The van der Waals surface area contributed by atoms with Gasteiger partial charge in [0.05, 0.1) is 7.11 Å². The lowest BCUT2D eigenvalue weighted by atomic mass is 10.0. The number of aryl methyl sites for hydroxylation is 1. The molecule has 0 fully saturated rings. The number of nitrogens with one attached hydrogen (secondary N) is 1. The van der Waals surface area contributed by atoms with Crippen molar-refractivity contribution in [1.29, 1.82) is 0 Å². The van der Waals surface area contributed by atoms with Crippen molar-refractivity contribution in [3.63, 3.8) is 0 Å². The number of ether oxygens (including phenoxy) is 1. The third-order valence-electron chi connectivity index (χ3n) is 4.67. The standard InChI is InChI=1S/C16H22N2O.C4H4O4/c1-4-17-10-11-7-13-14-9-12(19-3)5-6-15(14)18(2)16(13)8-11;5-3(6)1-2-4(7)8/h5-6,9,11,17H,4,7-8,10H2,1-3H3;1-2H,(H,5,6)(H,7,8)/b;2-1-. The largest absolute Gasteiger partial charge is 0.497 e. The molecule has 0 amide bonds. The number of carboxylic acid groups (broad SMARTS) is 2. The van der Waals surface area contributed by atoms with Gasteiger partial charge in [0.2, 0.25) is 0 Å². The molecule has 146 valence electrons. The van der Waals surface area contributed by atoms with Crippen molar-refractivity contribution in [3.05, 3.63) is 41.6 Å². The first-order valence-corrected chi connectivity index (χ1v) is 8.86. The molecular formula is C20H26N2O5. The van der Waals surface area contributed by atoms with E-state index in [0.717, 1.165) is 24.8 Å². The molecule has 1 aliphatic rings. The van der Waals surface area contributed by atoms with Crippen LogP contribution in [0.25, 0.3) is 10.9 Å². The Morgan fingerprint density at radius 3 is 2.48 bits per heavy atom. The Hall–Kier alpha value is -2.80. The van der Waals surface area contributed by atoms with E-state index in [9.17, 15) is 9.59 Å². The van der Waals surface area contributed by atoms with E-state index in [1.807, 2.05) is 6.07 Å². The maximum Gasteiger partial charge on any atom is 0.328 e. The SMILES string of the molecule is CCNCC1Cc2c(n(C)c3ccc(OC)cc23)C1.O=C(O)/C=C\C(=O)O. The smallest absolute Gasteiger partial charge is 0.328 e. The van der Waals surface area contributed by atoms with E-state index in [0.29, 0.717) is 12.2 Å². The number of aromatic nitrogens is 1. The summed E-state index contributed by atoms with van der Waals surface area (Å²) in [6, 6.07) is 6.41. The van der Waals surface area contributed by atoms with E-state index in [1.54, 1.807) is 7.11 Å². The van der Waals surface area contributed by atoms with Crippen molar-refractivity contribution in [2.45, 2.75) is 19.8 Å². The van der Waals surface area contributed by atoms with Crippen LogP contribution >= 0.6 is 0 Å². The van der Waals surface area contributed by atoms with E-state index in [-0.39, 0.29) is 0 Å². The third-order valence-corrected chi connectivity index (χ3v) is 4.67. The van der Waals surface area contributed by atoms with Gasteiger partial charge in [0, 0.05) is 35.8 Å². The van der Waals surface area contributed by atoms with E-state index in [4.69, 9.17) is 14.9 Å².